The monoisotopic (exact) mass is 425 g/mol. The van der Waals surface area contributed by atoms with Gasteiger partial charge in [0.05, 0.1) is 17.8 Å². The van der Waals surface area contributed by atoms with Gasteiger partial charge < -0.3 is 4.90 Å². The van der Waals surface area contributed by atoms with E-state index in [-0.39, 0.29) is 12.5 Å². The van der Waals surface area contributed by atoms with E-state index in [1.807, 2.05) is 78.2 Å². The standard InChI is InChI=1S/C24H19N5OS/c30-24(16-29-23-7-2-1-6-22(23)26-27-29)28(15-18-12-14-31-17-18)20-10-8-19(9-11-20)21-5-3-4-13-25-21/h1-14,17H,15-16H2. The molecule has 0 saturated heterocycles. The van der Waals surface area contributed by atoms with Crippen molar-refractivity contribution in [1.82, 2.24) is 20.0 Å². The van der Waals surface area contributed by atoms with Crippen LogP contribution < -0.4 is 4.90 Å². The van der Waals surface area contributed by atoms with Crippen LogP contribution in [0.1, 0.15) is 5.56 Å². The molecule has 0 aliphatic carbocycles. The van der Waals surface area contributed by atoms with E-state index in [1.54, 1.807) is 27.1 Å². The molecule has 3 heterocycles. The zero-order chi connectivity index (χ0) is 21.0. The average molecular weight is 426 g/mol. The van der Waals surface area contributed by atoms with E-state index in [9.17, 15) is 4.79 Å². The summed E-state index contributed by atoms with van der Waals surface area (Å²) >= 11 is 1.62. The molecule has 0 unspecified atom stereocenters. The van der Waals surface area contributed by atoms with Crippen LogP contribution in [0.5, 0.6) is 0 Å². The molecule has 0 spiro atoms. The summed E-state index contributed by atoms with van der Waals surface area (Å²) in [5, 5.41) is 12.4. The average Bonchev–Trinajstić information content (AvgIpc) is 3.48. The quantitative estimate of drug-likeness (QED) is 0.392. The second-order valence-electron chi connectivity index (χ2n) is 7.11. The van der Waals surface area contributed by atoms with E-state index >= 15 is 0 Å². The molecule has 0 saturated carbocycles. The molecule has 0 N–H and O–H groups in total. The Morgan fingerprint density at radius 2 is 1.81 bits per heavy atom. The summed E-state index contributed by atoms with van der Waals surface area (Å²) in [6.45, 7) is 0.616. The van der Waals surface area contributed by atoms with Gasteiger partial charge in [-0.1, -0.05) is 35.5 Å². The van der Waals surface area contributed by atoms with Gasteiger partial charge in [-0.2, -0.15) is 11.3 Å². The van der Waals surface area contributed by atoms with Crippen molar-refractivity contribution in [2.24, 2.45) is 0 Å². The van der Waals surface area contributed by atoms with Crippen LogP contribution in [0.25, 0.3) is 22.3 Å². The zero-order valence-corrected chi connectivity index (χ0v) is 17.4. The molecule has 2 aromatic carbocycles. The maximum atomic E-state index is 13.4. The first kappa shape index (κ1) is 19.1. The second kappa shape index (κ2) is 8.49. The summed E-state index contributed by atoms with van der Waals surface area (Å²) in [4.78, 5) is 19.6. The molecular formula is C24H19N5OS. The van der Waals surface area contributed by atoms with Gasteiger partial charge in [-0.3, -0.25) is 9.78 Å². The zero-order valence-electron chi connectivity index (χ0n) is 16.6. The van der Waals surface area contributed by atoms with E-state index in [0.29, 0.717) is 6.54 Å². The number of para-hydroxylation sites is 1. The summed E-state index contributed by atoms with van der Waals surface area (Å²) in [7, 11) is 0. The first-order valence-electron chi connectivity index (χ1n) is 9.89. The SMILES string of the molecule is O=C(Cn1nnc2ccccc21)N(Cc1ccsc1)c1ccc(-c2ccccn2)cc1. The Balaban J connectivity index is 1.44. The number of nitrogens with zero attached hydrogens (tertiary/aromatic N) is 5. The molecule has 152 valence electrons. The topological polar surface area (TPSA) is 63.9 Å². The Hall–Kier alpha value is -3.84. The van der Waals surface area contributed by atoms with Crippen molar-refractivity contribution >= 4 is 34.0 Å². The van der Waals surface area contributed by atoms with E-state index in [4.69, 9.17) is 0 Å². The third kappa shape index (κ3) is 4.08. The minimum Gasteiger partial charge on any atom is -0.306 e. The number of hydrogen-bond donors (Lipinski definition) is 0. The number of hydrogen-bond acceptors (Lipinski definition) is 5. The van der Waals surface area contributed by atoms with Crippen LogP contribution in [0.15, 0.2) is 89.8 Å². The number of carbonyl (C=O) groups excluding carboxylic acids is 1. The van der Waals surface area contributed by atoms with Gasteiger partial charge in [0.25, 0.3) is 0 Å². The van der Waals surface area contributed by atoms with Crippen molar-refractivity contribution < 1.29 is 4.79 Å². The number of carbonyl (C=O) groups is 1. The lowest BCUT2D eigenvalue weighted by molar-refractivity contribution is -0.119. The van der Waals surface area contributed by atoms with Gasteiger partial charge in [-0.15, -0.1) is 5.10 Å². The first-order valence-corrected chi connectivity index (χ1v) is 10.8. The summed E-state index contributed by atoms with van der Waals surface area (Å²) in [6.07, 6.45) is 1.78. The van der Waals surface area contributed by atoms with Crippen LogP contribution in [0, 0.1) is 0 Å². The highest BCUT2D eigenvalue weighted by Crippen LogP contribution is 2.24. The second-order valence-corrected chi connectivity index (χ2v) is 7.89. The van der Waals surface area contributed by atoms with Crippen molar-refractivity contribution in [3.05, 3.63) is 95.3 Å². The maximum Gasteiger partial charge on any atom is 0.249 e. The molecule has 0 bridgehead atoms. The molecule has 31 heavy (non-hydrogen) atoms. The van der Waals surface area contributed by atoms with E-state index in [0.717, 1.165) is 33.5 Å². The number of pyridine rings is 1. The van der Waals surface area contributed by atoms with Gasteiger partial charge >= 0.3 is 0 Å². The van der Waals surface area contributed by atoms with Crippen LogP contribution in [-0.4, -0.2) is 25.9 Å². The van der Waals surface area contributed by atoms with Gasteiger partial charge in [0.2, 0.25) is 5.91 Å². The van der Waals surface area contributed by atoms with Gasteiger partial charge in [0.15, 0.2) is 0 Å². The molecule has 0 aliphatic heterocycles. The summed E-state index contributed by atoms with van der Waals surface area (Å²) in [6, 6.07) is 23.4. The minimum atomic E-state index is -0.0487. The van der Waals surface area contributed by atoms with Gasteiger partial charge in [-0.25, -0.2) is 4.68 Å². The fourth-order valence-electron chi connectivity index (χ4n) is 3.48. The van der Waals surface area contributed by atoms with Gasteiger partial charge in [0, 0.05) is 17.4 Å². The predicted octanol–water partition coefficient (Wildman–Crippen LogP) is 4.79. The number of aromatic nitrogens is 4. The first-order chi connectivity index (χ1) is 15.3. The largest absolute Gasteiger partial charge is 0.306 e. The summed E-state index contributed by atoms with van der Waals surface area (Å²) < 4.78 is 1.65. The fourth-order valence-corrected chi connectivity index (χ4v) is 4.14. The van der Waals surface area contributed by atoms with Gasteiger partial charge in [0.1, 0.15) is 12.1 Å². The normalized spacial score (nSPS) is 11.0. The van der Waals surface area contributed by atoms with Crippen molar-refractivity contribution in [3.63, 3.8) is 0 Å². The smallest absolute Gasteiger partial charge is 0.249 e. The van der Waals surface area contributed by atoms with Gasteiger partial charge in [-0.05, 0) is 58.8 Å². The fraction of sp³-hybridized carbons (Fsp3) is 0.0833. The molecule has 7 heteroatoms. The third-order valence-electron chi connectivity index (χ3n) is 5.07. The van der Waals surface area contributed by atoms with E-state index in [2.05, 4.69) is 20.7 Å². The molecule has 1 amide bonds. The van der Waals surface area contributed by atoms with Crippen molar-refractivity contribution in [2.75, 3.05) is 4.90 Å². The number of rotatable bonds is 6. The van der Waals surface area contributed by atoms with Crippen LogP contribution >= 0.6 is 11.3 Å². The number of fused-ring (bicyclic) bond motifs is 1. The molecular weight excluding hydrogens is 406 g/mol. The van der Waals surface area contributed by atoms with Crippen molar-refractivity contribution in [2.45, 2.75) is 13.1 Å². The molecule has 6 nitrogen and oxygen atoms in total. The summed E-state index contributed by atoms with van der Waals surface area (Å²) in [5.41, 5.74) is 5.46. The molecule has 5 rings (SSSR count). The molecule has 0 atom stereocenters. The number of amides is 1. The Labute approximate surface area is 183 Å². The van der Waals surface area contributed by atoms with Crippen LogP contribution in [0.2, 0.25) is 0 Å². The molecule has 0 fully saturated rings. The highest BCUT2D eigenvalue weighted by atomic mass is 32.1. The highest BCUT2D eigenvalue weighted by molar-refractivity contribution is 7.07. The van der Waals surface area contributed by atoms with Crippen LogP contribution in [-0.2, 0) is 17.9 Å². The Kier molecular flexibility index (Phi) is 5.24. The van der Waals surface area contributed by atoms with Crippen molar-refractivity contribution in [1.29, 1.82) is 0 Å². The maximum absolute atomic E-state index is 13.4. The van der Waals surface area contributed by atoms with Crippen LogP contribution in [0.4, 0.5) is 5.69 Å². The van der Waals surface area contributed by atoms with Crippen molar-refractivity contribution in [3.8, 4) is 11.3 Å². The number of thiophene rings is 1. The third-order valence-corrected chi connectivity index (χ3v) is 5.80. The number of anilines is 1. The Morgan fingerprint density at radius 1 is 0.968 bits per heavy atom. The molecule has 0 aliphatic rings. The van der Waals surface area contributed by atoms with E-state index < -0.39 is 0 Å². The lowest BCUT2D eigenvalue weighted by Crippen LogP contribution is -2.33. The number of benzene rings is 2. The molecule has 0 radical (unpaired) electrons. The molecule has 5 aromatic rings. The minimum absolute atomic E-state index is 0.0487. The Morgan fingerprint density at radius 3 is 2.58 bits per heavy atom. The summed E-state index contributed by atoms with van der Waals surface area (Å²) in [5.74, 6) is -0.0487. The predicted molar refractivity (Wildman–Crippen MR) is 123 cm³/mol. The van der Waals surface area contributed by atoms with E-state index in [1.165, 1.54) is 0 Å². The lowest BCUT2D eigenvalue weighted by Gasteiger charge is -2.23. The van der Waals surface area contributed by atoms with Crippen LogP contribution in [0.3, 0.4) is 0 Å². The Bertz CT molecular complexity index is 1300. The molecule has 3 aromatic heterocycles. The highest BCUT2D eigenvalue weighted by Gasteiger charge is 2.19. The lowest BCUT2D eigenvalue weighted by atomic mass is 10.1.